The van der Waals surface area contributed by atoms with Gasteiger partial charge in [0.15, 0.2) is 0 Å². The molecule has 0 bridgehead atoms. The van der Waals surface area contributed by atoms with Crippen LogP contribution < -0.4 is 5.32 Å². The van der Waals surface area contributed by atoms with E-state index < -0.39 is 5.41 Å². The third-order valence-corrected chi connectivity index (χ3v) is 4.42. The van der Waals surface area contributed by atoms with Crippen molar-refractivity contribution in [2.75, 3.05) is 11.9 Å². The molecule has 0 aliphatic carbocycles. The van der Waals surface area contributed by atoms with Crippen molar-refractivity contribution in [3.8, 4) is 11.3 Å². The number of amides is 2. The molecule has 0 atom stereocenters. The minimum absolute atomic E-state index is 0.0157. The number of hydrogen-bond donors (Lipinski definition) is 1. The van der Waals surface area contributed by atoms with Gasteiger partial charge < -0.3 is 14.6 Å². The highest BCUT2D eigenvalue weighted by Gasteiger charge is 2.23. The lowest BCUT2D eigenvalue weighted by Gasteiger charge is -2.24. The molecule has 2 amide bonds. The molecular weight excluding hydrogens is 316 g/mol. The lowest BCUT2D eigenvalue weighted by Crippen LogP contribution is -2.33. The first kappa shape index (κ1) is 17.3. The molecule has 1 N–H and O–H groups in total. The molecular formula is C20H24N2O3. The van der Waals surface area contributed by atoms with Gasteiger partial charge in [-0.25, -0.2) is 0 Å². The van der Waals surface area contributed by atoms with E-state index in [9.17, 15) is 9.59 Å². The number of nitrogens with zero attached hydrogens (tertiary/aromatic N) is 1. The highest BCUT2D eigenvalue weighted by Crippen LogP contribution is 2.30. The van der Waals surface area contributed by atoms with Crippen molar-refractivity contribution in [2.45, 2.75) is 40.7 Å². The minimum Gasteiger partial charge on any atom is -0.461 e. The van der Waals surface area contributed by atoms with E-state index in [1.54, 1.807) is 6.92 Å². The maximum Gasteiger partial charge on any atom is 0.229 e. The van der Waals surface area contributed by atoms with Gasteiger partial charge in [-0.15, -0.1) is 0 Å². The normalized spacial score (nSPS) is 14.2. The number of anilines is 1. The minimum atomic E-state index is -0.429. The van der Waals surface area contributed by atoms with E-state index in [1.807, 2.05) is 56.0 Å². The molecule has 1 aromatic carbocycles. The van der Waals surface area contributed by atoms with Gasteiger partial charge in [-0.05, 0) is 30.3 Å². The molecule has 5 heteroatoms. The Hall–Kier alpha value is -2.56. The van der Waals surface area contributed by atoms with Gasteiger partial charge in [0.05, 0.1) is 0 Å². The summed E-state index contributed by atoms with van der Waals surface area (Å²) in [5.41, 5.74) is 2.36. The second kappa shape index (κ2) is 6.39. The maximum atomic E-state index is 12.0. The number of benzene rings is 1. The molecule has 3 rings (SSSR count). The van der Waals surface area contributed by atoms with Gasteiger partial charge in [-0.3, -0.25) is 9.59 Å². The van der Waals surface area contributed by atoms with Crippen molar-refractivity contribution in [2.24, 2.45) is 5.41 Å². The molecule has 0 spiro atoms. The molecule has 0 unspecified atom stereocenters. The van der Waals surface area contributed by atoms with Gasteiger partial charge in [0, 0.05) is 48.7 Å². The molecule has 0 saturated carbocycles. The summed E-state index contributed by atoms with van der Waals surface area (Å²) in [6, 6.07) is 9.63. The van der Waals surface area contributed by atoms with E-state index in [4.69, 9.17) is 4.42 Å². The number of rotatable bonds is 2. The average Bonchev–Trinajstić information content (AvgIpc) is 2.97. The highest BCUT2D eigenvalue weighted by atomic mass is 16.3. The second-order valence-electron chi connectivity index (χ2n) is 7.53. The van der Waals surface area contributed by atoms with Crippen LogP contribution in [0.1, 0.15) is 39.0 Å². The fourth-order valence-electron chi connectivity index (χ4n) is 2.78. The molecule has 132 valence electrons. The zero-order valence-corrected chi connectivity index (χ0v) is 15.2. The topological polar surface area (TPSA) is 62.6 Å². The quantitative estimate of drug-likeness (QED) is 0.903. The van der Waals surface area contributed by atoms with Crippen molar-refractivity contribution in [3.63, 3.8) is 0 Å². The summed E-state index contributed by atoms with van der Waals surface area (Å²) >= 11 is 0. The number of nitrogens with one attached hydrogen (secondary N) is 1. The number of carbonyl (C=O) groups excluding carboxylic acids is 2. The van der Waals surface area contributed by atoms with Crippen molar-refractivity contribution < 1.29 is 14.0 Å². The zero-order chi connectivity index (χ0) is 18.2. The van der Waals surface area contributed by atoms with Crippen molar-refractivity contribution in [3.05, 3.63) is 41.7 Å². The molecule has 25 heavy (non-hydrogen) atoms. The number of fused-ring (bicyclic) bond motifs is 1. The van der Waals surface area contributed by atoms with E-state index in [0.717, 1.165) is 34.8 Å². The molecule has 5 nitrogen and oxygen atoms in total. The smallest absolute Gasteiger partial charge is 0.229 e. The Morgan fingerprint density at radius 3 is 2.44 bits per heavy atom. The van der Waals surface area contributed by atoms with Crippen LogP contribution in [0.15, 0.2) is 34.7 Å². The molecule has 0 radical (unpaired) electrons. The van der Waals surface area contributed by atoms with Crippen molar-refractivity contribution >= 4 is 17.5 Å². The van der Waals surface area contributed by atoms with Crippen molar-refractivity contribution in [1.29, 1.82) is 0 Å². The Morgan fingerprint density at radius 1 is 1.16 bits per heavy atom. The van der Waals surface area contributed by atoms with Crippen LogP contribution in [-0.2, 0) is 22.6 Å². The third kappa shape index (κ3) is 3.76. The Labute approximate surface area is 148 Å². The fourth-order valence-corrected chi connectivity index (χ4v) is 2.78. The van der Waals surface area contributed by atoms with Crippen LogP contribution in [0.2, 0.25) is 0 Å². The second-order valence-corrected chi connectivity index (χ2v) is 7.53. The number of furan rings is 1. The van der Waals surface area contributed by atoms with E-state index in [0.29, 0.717) is 13.1 Å². The van der Waals surface area contributed by atoms with Crippen LogP contribution >= 0.6 is 0 Å². The summed E-state index contributed by atoms with van der Waals surface area (Å²) in [6.45, 7) is 8.55. The molecule has 0 saturated heterocycles. The van der Waals surface area contributed by atoms with Gasteiger partial charge in [0.1, 0.15) is 11.5 Å². The molecule has 2 heterocycles. The molecule has 2 aromatic rings. The van der Waals surface area contributed by atoms with Gasteiger partial charge in [-0.1, -0.05) is 20.8 Å². The molecule has 0 fully saturated rings. The molecule has 1 aliphatic heterocycles. The van der Waals surface area contributed by atoms with E-state index in [2.05, 4.69) is 5.32 Å². The SMILES string of the molecule is CC(=O)N1CCc2oc(-c3ccc(NC(=O)C(C)(C)C)cc3)cc2C1. The summed E-state index contributed by atoms with van der Waals surface area (Å²) < 4.78 is 5.97. The summed E-state index contributed by atoms with van der Waals surface area (Å²) in [6.07, 6.45) is 0.745. The zero-order valence-electron chi connectivity index (χ0n) is 15.2. The van der Waals surface area contributed by atoms with Crippen molar-refractivity contribution in [1.82, 2.24) is 4.90 Å². The lowest BCUT2D eigenvalue weighted by atomic mass is 9.95. The molecule has 1 aliphatic rings. The Morgan fingerprint density at radius 2 is 1.84 bits per heavy atom. The summed E-state index contributed by atoms with van der Waals surface area (Å²) in [7, 11) is 0. The fraction of sp³-hybridized carbons (Fsp3) is 0.400. The van der Waals surface area contributed by atoms with Crippen LogP contribution in [0.3, 0.4) is 0 Å². The first-order valence-corrected chi connectivity index (χ1v) is 8.53. The van der Waals surface area contributed by atoms with Crippen LogP contribution in [0.5, 0.6) is 0 Å². The number of carbonyl (C=O) groups is 2. The average molecular weight is 340 g/mol. The summed E-state index contributed by atoms with van der Waals surface area (Å²) in [5, 5.41) is 2.91. The van der Waals surface area contributed by atoms with E-state index in [1.165, 1.54) is 0 Å². The predicted molar refractivity (Wildman–Crippen MR) is 97.0 cm³/mol. The highest BCUT2D eigenvalue weighted by molar-refractivity contribution is 5.94. The van der Waals surface area contributed by atoms with Gasteiger partial charge in [-0.2, -0.15) is 0 Å². The Bertz CT molecular complexity index is 797. The third-order valence-electron chi connectivity index (χ3n) is 4.42. The monoisotopic (exact) mass is 340 g/mol. The van der Waals surface area contributed by atoms with E-state index in [-0.39, 0.29) is 11.8 Å². The van der Waals surface area contributed by atoms with Crippen LogP contribution in [-0.4, -0.2) is 23.3 Å². The first-order valence-electron chi connectivity index (χ1n) is 8.53. The number of hydrogen-bond acceptors (Lipinski definition) is 3. The van der Waals surface area contributed by atoms with Gasteiger partial charge in [0.25, 0.3) is 0 Å². The predicted octanol–water partition coefficient (Wildman–Crippen LogP) is 3.84. The largest absolute Gasteiger partial charge is 0.461 e. The van der Waals surface area contributed by atoms with E-state index >= 15 is 0 Å². The standard InChI is InChI=1S/C20H24N2O3/c1-13(23)22-10-9-17-15(12-22)11-18(25-17)14-5-7-16(8-6-14)21-19(24)20(2,3)4/h5-8,11H,9-10,12H2,1-4H3,(H,21,24). The lowest BCUT2D eigenvalue weighted by molar-refractivity contribution is -0.129. The first-order chi connectivity index (χ1) is 11.7. The summed E-state index contributed by atoms with van der Waals surface area (Å²) in [5.74, 6) is 1.83. The maximum absolute atomic E-state index is 12.0. The summed E-state index contributed by atoms with van der Waals surface area (Å²) in [4.78, 5) is 25.4. The van der Waals surface area contributed by atoms with Gasteiger partial charge >= 0.3 is 0 Å². The van der Waals surface area contributed by atoms with Crippen LogP contribution in [0.4, 0.5) is 5.69 Å². The van der Waals surface area contributed by atoms with Crippen LogP contribution in [0.25, 0.3) is 11.3 Å². The van der Waals surface area contributed by atoms with Crippen LogP contribution in [0, 0.1) is 5.41 Å². The molecule has 1 aromatic heterocycles. The Balaban J connectivity index is 1.76. The van der Waals surface area contributed by atoms with Gasteiger partial charge in [0.2, 0.25) is 11.8 Å². The Kier molecular flexibility index (Phi) is 4.41.